The fourth-order valence-electron chi connectivity index (χ4n) is 9.74. The van der Waals surface area contributed by atoms with Crippen molar-refractivity contribution in [3.63, 3.8) is 0 Å². The molecule has 11 nitrogen and oxygen atoms in total. The molecule has 8 rings (SSSR count). The van der Waals surface area contributed by atoms with Crippen molar-refractivity contribution in [2.75, 3.05) is 31.5 Å². The van der Waals surface area contributed by atoms with Crippen LogP contribution in [0.15, 0.2) is 36.4 Å². The number of β-amino-alcohol motifs (C(OH)–C–C–N with tert-alkyl or cyclic N) is 1. The van der Waals surface area contributed by atoms with E-state index in [0.717, 1.165) is 87.4 Å². The molecule has 14 heteroatoms. The van der Waals surface area contributed by atoms with E-state index in [4.69, 9.17) is 28.2 Å². The largest absolute Gasteiger partial charge is 0.481 e. The number of anilines is 1. The summed E-state index contributed by atoms with van der Waals surface area (Å²) in [5, 5.41) is 23.2. The molecular formula is C42H48Cl2FN7O4. The van der Waals surface area contributed by atoms with E-state index in [1.54, 1.807) is 47.9 Å². The van der Waals surface area contributed by atoms with Gasteiger partial charge in [-0.3, -0.25) is 19.4 Å². The van der Waals surface area contributed by atoms with Crippen molar-refractivity contribution in [2.24, 2.45) is 24.9 Å². The quantitative estimate of drug-likeness (QED) is 0.144. The van der Waals surface area contributed by atoms with E-state index in [1.165, 1.54) is 6.08 Å². The number of halogens is 3. The Balaban J connectivity index is 0.959. The maximum absolute atomic E-state index is 15.9. The lowest BCUT2D eigenvalue weighted by Crippen LogP contribution is -2.36. The number of aliphatic carboxylic acids is 1. The van der Waals surface area contributed by atoms with Crippen LogP contribution in [0.2, 0.25) is 10.0 Å². The van der Waals surface area contributed by atoms with Gasteiger partial charge < -0.3 is 24.7 Å². The van der Waals surface area contributed by atoms with Crippen molar-refractivity contribution in [3.05, 3.63) is 86.4 Å². The van der Waals surface area contributed by atoms with Gasteiger partial charge in [0.05, 0.1) is 38.6 Å². The third kappa shape index (κ3) is 7.08. The van der Waals surface area contributed by atoms with Crippen LogP contribution in [0, 0.1) is 10.8 Å². The average Bonchev–Trinajstić information content (AvgIpc) is 3.92. The zero-order valence-corrected chi connectivity index (χ0v) is 33.6. The molecule has 0 saturated heterocycles. The number of carbonyl (C=O) groups excluding carboxylic acids is 1. The van der Waals surface area contributed by atoms with Gasteiger partial charge in [-0.15, -0.1) is 0 Å². The number of nitrogens with one attached hydrogen (secondary N) is 1. The first-order valence-corrected chi connectivity index (χ1v) is 20.2. The van der Waals surface area contributed by atoms with Crippen LogP contribution < -0.4 is 5.32 Å². The van der Waals surface area contributed by atoms with Gasteiger partial charge in [-0.1, -0.05) is 53.5 Å². The Hall–Kier alpha value is -4.07. The van der Waals surface area contributed by atoms with E-state index < -0.39 is 23.3 Å². The van der Waals surface area contributed by atoms with Crippen LogP contribution in [0.3, 0.4) is 0 Å². The number of amides is 1. The van der Waals surface area contributed by atoms with Crippen LogP contribution in [0.4, 0.5) is 10.1 Å². The summed E-state index contributed by atoms with van der Waals surface area (Å²) in [6, 6.07) is 10.6. The molecule has 3 N–H and O–H groups in total. The topological polar surface area (TPSA) is 129 Å². The lowest BCUT2D eigenvalue weighted by atomic mass is 9.80. The molecule has 4 heterocycles. The van der Waals surface area contributed by atoms with Gasteiger partial charge in [0.25, 0.3) is 5.91 Å². The second kappa shape index (κ2) is 15.0. The standard InChI is InChI=1S/C42H48Cl2FN7O4/c1-25(53)21-52-18-11-33-32(23-52)46-37(49(33)2)29(45)20-26-6-4-7-27(35(26)43)28-8-5-9-30(36(28)44)48-39(54)38-47-31-22-51(17-10-34(31)50(38)3)19-16-41-12-14-42(24-41,15-13-41)40(55)56/h4-9,20,25,53H,10-19,21-24H2,1-3H3,(H,48,54)(H,55,56)/b29-20-/t25-,41?,42?/m1/s1. The van der Waals surface area contributed by atoms with E-state index in [2.05, 4.69) is 20.1 Å². The zero-order chi connectivity index (χ0) is 39.5. The van der Waals surface area contributed by atoms with Crippen LogP contribution >= 0.6 is 23.2 Å². The molecule has 4 aromatic rings. The number of aliphatic hydroxyl groups excluding tert-OH is 1. The highest BCUT2D eigenvalue weighted by Crippen LogP contribution is 2.63. The van der Waals surface area contributed by atoms with Gasteiger partial charge in [0.15, 0.2) is 17.5 Å². The Morgan fingerprint density at radius 3 is 2.18 bits per heavy atom. The van der Waals surface area contributed by atoms with Crippen LogP contribution in [-0.4, -0.2) is 83.3 Å². The number of aromatic nitrogens is 4. The molecule has 2 aromatic heterocycles. The number of imidazole rings is 2. The Bertz CT molecular complexity index is 2240. The van der Waals surface area contributed by atoms with Gasteiger partial charge in [-0.05, 0) is 75.1 Å². The molecule has 2 saturated carbocycles. The summed E-state index contributed by atoms with van der Waals surface area (Å²) >= 11 is 13.9. The summed E-state index contributed by atoms with van der Waals surface area (Å²) in [4.78, 5) is 39.6. The SMILES string of the molecule is C[C@@H](O)CN1CCc2c(nc(/C(F)=C/c3cccc(-c4cccc(NC(=O)c5nc6c(n5C)CCN(CCC57CCC(C(=O)O)(CC5)C7)C6)c4Cl)c3Cl)n2C)C1. The zero-order valence-electron chi connectivity index (χ0n) is 32.0. The number of carboxylic acid groups (broad SMARTS) is 1. The number of benzene rings is 2. The summed E-state index contributed by atoms with van der Waals surface area (Å²) in [5.41, 5.74) is 5.31. The van der Waals surface area contributed by atoms with Gasteiger partial charge in [-0.2, -0.15) is 0 Å². The van der Waals surface area contributed by atoms with Crippen LogP contribution in [0.25, 0.3) is 23.0 Å². The molecule has 1 amide bonds. The monoisotopic (exact) mass is 803 g/mol. The van der Waals surface area contributed by atoms with Crippen molar-refractivity contribution in [1.82, 2.24) is 28.9 Å². The Kier molecular flexibility index (Phi) is 10.4. The van der Waals surface area contributed by atoms with Crippen molar-refractivity contribution >= 4 is 52.7 Å². The first-order chi connectivity index (χ1) is 26.8. The van der Waals surface area contributed by atoms with E-state index in [0.29, 0.717) is 59.3 Å². The molecule has 2 aromatic carbocycles. The van der Waals surface area contributed by atoms with Gasteiger partial charge in [0.2, 0.25) is 0 Å². The van der Waals surface area contributed by atoms with Crippen LogP contribution in [0.5, 0.6) is 0 Å². The number of fused-ring (bicyclic) bond motifs is 4. The van der Waals surface area contributed by atoms with Gasteiger partial charge >= 0.3 is 5.97 Å². The first-order valence-electron chi connectivity index (χ1n) is 19.5. The third-order valence-corrected chi connectivity index (χ3v) is 13.7. The van der Waals surface area contributed by atoms with E-state index in [1.807, 2.05) is 18.7 Å². The molecular weight excluding hydrogens is 756 g/mol. The minimum atomic E-state index is -0.632. The minimum Gasteiger partial charge on any atom is -0.481 e. The molecule has 0 unspecified atom stereocenters. The summed E-state index contributed by atoms with van der Waals surface area (Å²) in [6.07, 6.45) is 7.73. The molecule has 56 heavy (non-hydrogen) atoms. The van der Waals surface area contributed by atoms with Crippen LogP contribution in [0.1, 0.15) is 90.2 Å². The molecule has 0 spiro atoms. The molecule has 1 atom stereocenters. The number of aliphatic hydroxyl groups is 1. The summed E-state index contributed by atoms with van der Waals surface area (Å²) < 4.78 is 19.6. The number of carboxylic acids is 1. The van der Waals surface area contributed by atoms with Crippen LogP contribution in [-0.2, 0) is 44.8 Å². The highest BCUT2D eigenvalue weighted by molar-refractivity contribution is 6.39. The van der Waals surface area contributed by atoms with E-state index in [9.17, 15) is 19.8 Å². The molecule has 2 fully saturated rings. The molecule has 296 valence electrons. The maximum Gasteiger partial charge on any atom is 0.309 e. The lowest BCUT2D eigenvalue weighted by molar-refractivity contribution is -0.148. The van der Waals surface area contributed by atoms with E-state index >= 15 is 4.39 Å². The van der Waals surface area contributed by atoms with Crippen molar-refractivity contribution in [1.29, 1.82) is 0 Å². The van der Waals surface area contributed by atoms with Crippen molar-refractivity contribution in [3.8, 4) is 11.1 Å². The normalized spacial score (nSPS) is 22.9. The Morgan fingerprint density at radius 1 is 0.911 bits per heavy atom. The number of hydrogen-bond acceptors (Lipinski definition) is 7. The smallest absolute Gasteiger partial charge is 0.309 e. The summed E-state index contributed by atoms with van der Waals surface area (Å²) in [7, 11) is 3.67. The Labute approximate surface area is 336 Å². The van der Waals surface area contributed by atoms with Crippen molar-refractivity contribution in [2.45, 2.75) is 77.5 Å². The molecule has 2 aliphatic carbocycles. The number of nitrogens with zero attached hydrogens (tertiary/aromatic N) is 6. The van der Waals surface area contributed by atoms with Crippen molar-refractivity contribution < 1.29 is 24.2 Å². The highest BCUT2D eigenvalue weighted by Gasteiger charge is 2.57. The van der Waals surface area contributed by atoms with Gasteiger partial charge in [-0.25, -0.2) is 14.4 Å². The fourth-order valence-corrected chi connectivity index (χ4v) is 10.3. The van der Waals surface area contributed by atoms with Gasteiger partial charge in [0.1, 0.15) is 0 Å². The van der Waals surface area contributed by atoms with Gasteiger partial charge in [0, 0.05) is 82.2 Å². The molecule has 2 aliphatic heterocycles. The Morgan fingerprint density at radius 2 is 1.52 bits per heavy atom. The fraction of sp³-hybridized carbons (Fsp3) is 0.476. The average molecular weight is 805 g/mol. The summed E-state index contributed by atoms with van der Waals surface area (Å²) in [5.74, 6) is -1.03. The maximum atomic E-state index is 15.9. The highest BCUT2D eigenvalue weighted by atomic mass is 35.5. The lowest BCUT2D eigenvalue weighted by Gasteiger charge is -2.32. The second-order valence-corrected chi connectivity index (χ2v) is 17.2. The predicted molar refractivity (Wildman–Crippen MR) is 215 cm³/mol. The number of rotatable bonds is 11. The molecule has 4 aliphatic rings. The second-order valence-electron chi connectivity index (χ2n) is 16.5. The minimum absolute atomic E-state index is 0.128. The predicted octanol–water partition coefficient (Wildman–Crippen LogP) is 7.37. The number of carbonyl (C=O) groups is 2. The molecule has 2 bridgehead atoms. The third-order valence-electron chi connectivity index (χ3n) is 12.8. The molecule has 0 radical (unpaired) electrons. The first kappa shape index (κ1) is 38.8. The van der Waals surface area contributed by atoms with E-state index in [-0.39, 0.29) is 22.2 Å². The summed E-state index contributed by atoms with van der Waals surface area (Å²) in [6.45, 7) is 5.98. The number of hydrogen-bond donors (Lipinski definition) is 3.